The minimum Gasteiger partial charge on any atom is -0.393 e. The molecule has 1 saturated heterocycles. The highest BCUT2D eigenvalue weighted by Gasteiger charge is 2.42. The number of aryl methyl sites for hydroxylation is 1. The Labute approximate surface area is 107 Å². The molecule has 0 radical (unpaired) electrons. The zero-order valence-electron chi connectivity index (χ0n) is 10.9. The second-order valence-electron chi connectivity index (χ2n) is 5.41. The zero-order chi connectivity index (χ0) is 12.7. The lowest BCUT2D eigenvalue weighted by atomic mass is 10.00. The van der Waals surface area contributed by atoms with Crippen LogP contribution in [0.25, 0.3) is 0 Å². The lowest BCUT2D eigenvalue weighted by molar-refractivity contribution is 0.133. The summed E-state index contributed by atoms with van der Waals surface area (Å²) in [6.45, 7) is 3.92. The van der Waals surface area contributed by atoms with Crippen LogP contribution in [0, 0.1) is 18.8 Å². The number of nitrogens with one attached hydrogen (secondary N) is 1. The van der Waals surface area contributed by atoms with Crippen molar-refractivity contribution < 1.29 is 5.11 Å². The maximum absolute atomic E-state index is 9.95. The van der Waals surface area contributed by atoms with Crippen molar-refractivity contribution >= 4 is 11.8 Å². The van der Waals surface area contributed by atoms with E-state index < -0.39 is 0 Å². The molecule has 3 unspecified atom stereocenters. The summed E-state index contributed by atoms with van der Waals surface area (Å²) < 4.78 is 0. The van der Waals surface area contributed by atoms with Gasteiger partial charge in [-0.1, -0.05) is 0 Å². The molecule has 1 aromatic rings. The summed E-state index contributed by atoms with van der Waals surface area (Å²) in [5, 5.41) is 12.9. The Hall–Kier alpha value is -1.36. The average Bonchev–Trinajstić information content (AvgIpc) is 2.91. The Morgan fingerprint density at radius 3 is 2.89 bits per heavy atom. The van der Waals surface area contributed by atoms with Gasteiger partial charge in [-0.15, -0.1) is 0 Å². The Kier molecular flexibility index (Phi) is 2.86. The van der Waals surface area contributed by atoms with Gasteiger partial charge >= 0.3 is 0 Å². The lowest BCUT2D eigenvalue weighted by Crippen LogP contribution is -2.25. The van der Waals surface area contributed by atoms with Crippen LogP contribution in [-0.4, -0.2) is 41.3 Å². The number of aliphatic hydroxyl groups is 1. The van der Waals surface area contributed by atoms with E-state index in [-0.39, 0.29) is 6.10 Å². The fraction of sp³-hybridized carbons (Fsp3) is 0.692. The Morgan fingerprint density at radius 1 is 1.33 bits per heavy atom. The van der Waals surface area contributed by atoms with Crippen molar-refractivity contribution in [2.45, 2.75) is 25.9 Å². The fourth-order valence-electron chi connectivity index (χ4n) is 3.25. The molecule has 3 rings (SSSR count). The van der Waals surface area contributed by atoms with Crippen molar-refractivity contribution in [1.29, 1.82) is 0 Å². The predicted octanol–water partition coefficient (Wildman–Crippen LogP) is 1.03. The van der Waals surface area contributed by atoms with Crippen LogP contribution in [-0.2, 0) is 0 Å². The molecule has 18 heavy (non-hydrogen) atoms. The summed E-state index contributed by atoms with van der Waals surface area (Å²) in [4.78, 5) is 11.1. The molecule has 1 aliphatic carbocycles. The molecule has 98 valence electrons. The van der Waals surface area contributed by atoms with Gasteiger partial charge in [0.25, 0.3) is 0 Å². The number of nitrogens with zero attached hydrogens (tertiary/aromatic N) is 3. The molecule has 1 aliphatic heterocycles. The SMILES string of the molecule is CNc1nc(C)cc(N2CC3CCC(O)C3C2)n1. The third-order valence-corrected chi connectivity index (χ3v) is 4.21. The molecule has 0 spiro atoms. The molecule has 2 aliphatic rings. The number of anilines is 2. The number of rotatable bonds is 2. The molecule has 3 atom stereocenters. The van der Waals surface area contributed by atoms with E-state index in [1.54, 1.807) is 0 Å². The van der Waals surface area contributed by atoms with E-state index in [4.69, 9.17) is 0 Å². The van der Waals surface area contributed by atoms with E-state index in [2.05, 4.69) is 20.2 Å². The summed E-state index contributed by atoms with van der Waals surface area (Å²) in [5.41, 5.74) is 0.974. The van der Waals surface area contributed by atoms with E-state index in [1.165, 1.54) is 0 Å². The molecular formula is C13H20N4O. The van der Waals surface area contributed by atoms with Crippen LogP contribution in [0.15, 0.2) is 6.07 Å². The Balaban J connectivity index is 1.82. The highest BCUT2D eigenvalue weighted by Crippen LogP contribution is 2.39. The molecule has 2 N–H and O–H groups in total. The number of aromatic nitrogens is 2. The third-order valence-electron chi connectivity index (χ3n) is 4.21. The third kappa shape index (κ3) is 1.92. The van der Waals surface area contributed by atoms with Gasteiger partial charge in [0.1, 0.15) is 5.82 Å². The van der Waals surface area contributed by atoms with Crippen molar-refractivity contribution in [1.82, 2.24) is 9.97 Å². The predicted molar refractivity (Wildman–Crippen MR) is 70.7 cm³/mol. The molecule has 5 heteroatoms. The molecule has 2 heterocycles. The van der Waals surface area contributed by atoms with E-state index in [0.717, 1.165) is 37.4 Å². The molecule has 1 saturated carbocycles. The lowest BCUT2D eigenvalue weighted by Gasteiger charge is -2.20. The minimum atomic E-state index is -0.119. The summed E-state index contributed by atoms with van der Waals surface area (Å²) >= 11 is 0. The summed E-state index contributed by atoms with van der Waals surface area (Å²) in [6.07, 6.45) is 1.99. The highest BCUT2D eigenvalue weighted by molar-refractivity contribution is 5.46. The minimum absolute atomic E-state index is 0.119. The van der Waals surface area contributed by atoms with Crippen LogP contribution in [0.3, 0.4) is 0 Å². The molecule has 0 aromatic carbocycles. The Morgan fingerprint density at radius 2 is 2.17 bits per heavy atom. The molecule has 0 bridgehead atoms. The smallest absolute Gasteiger partial charge is 0.224 e. The van der Waals surface area contributed by atoms with Crippen LogP contribution < -0.4 is 10.2 Å². The number of fused-ring (bicyclic) bond motifs is 1. The Bertz CT molecular complexity index is 451. The number of hydrogen-bond donors (Lipinski definition) is 2. The first kappa shape index (κ1) is 11.7. The topological polar surface area (TPSA) is 61.3 Å². The summed E-state index contributed by atoms with van der Waals surface area (Å²) in [7, 11) is 1.83. The van der Waals surface area contributed by atoms with Crippen LogP contribution in [0.4, 0.5) is 11.8 Å². The maximum atomic E-state index is 9.95. The summed E-state index contributed by atoms with van der Waals surface area (Å²) in [5.74, 6) is 2.71. The summed E-state index contributed by atoms with van der Waals surface area (Å²) in [6, 6.07) is 2.02. The molecular weight excluding hydrogens is 228 g/mol. The first-order valence-electron chi connectivity index (χ1n) is 6.64. The van der Waals surface area contributed by atoms with E-state index in [9.17, 15) is 5.11 Å². The van der Waals surface area contributed by atoms with Crippen molar-refractivity contribution in [3.63, 3.8) is 0 Å². The van der Waals surface area contributed by atoms with Gasteiger partial charge in [-0.2, -0.15) is 4.98 Å². The van der Waals surface area contributed by atoms with Gasteiger partial charge in [-0.05, 0) is 25.7 Å². The van der Waals surface area contributed by atoms with Gasteiger partial charge < -0.3 is 15.3 Å². The van der Waals surface area contributed by atoms with Crippen LogP contribution in [0.5, 0.6) is 0 Å². The van der Waals surface area contributed by atoms with Crippen LogP contribution in [0.2, 0.25) is 0 Å². The van der Waals surface area contributed by atoms with Gasteiger partial charge in [0.05, 0.1) is 6.10 Å². The van der Waals surface area contributed by atoms with Gasteiger partial charge in [-0.25, -0.2) is 4.98 Å². The monoisotopic (exact) mass is 248 g/mol. The van der Waals surface area contributed by atoms with Crippen molar-refractivity contribution in [2.24, 2.45) is 11.8 Å². The first-order valence-corrected chi connectivity index (χ1v) is 6.64. The average molecular weight is 248 g/mol. The number of aliphatic hydroxyl groups excluding tert-OH is 1. The molecule has 1 aromatic heterocycles. The second-order valence-corrected chi connectivity index (χ2v) is 5.41. The highest BCUT2D eigenvalue weighted by atomic mass is 16.3. The van der Waals surface area contributed by atoms with E-state index >= 15 is 0 Å². The van der Waals surface area contributed by atoms with Crippen molar-refractivity contribution in [3.05, 3.63) is 11.8 Å². The standard InChI is InChI=1S/C13H20N4O/c1-8-5-12(16-13(14-2)15-8)17-6-9-3-4-11(18)10(9)7-17/h5,9-11,18H,3-4,6-7H2,1-2H3,(H,14,15,16). The molecule has 0 amide bonds. The number of hydrogen-bond acceptors (Lipinski definition) is 5. The zero-order valence-corrected chi connectivity index (χ0v) is 10.9. The molecule has 2 fully saturated rings. The van der Waals surface area contributed by atoms with Gasteiger partial charge in [0, 0.05) is 37.8 Å². The first-order chi connectivity index (χ1) is 8.67. The second kappa shape index (κ2) is 4.39. The van der Waals surface area contributed by atoms with Gasteiger partial charge in [-0.3, -0.25) is 0 Å². The largest absolute Gasteiger partial charge is 0.393 e. The quantitative estimate of drug-likeness (QED) is 0.818. The van der Waals surface area contributed by atoms with Crippen molar-refractivity contribution in [2.75, 3.05) is 30.4 Å². The normalized spacial score (nSPS) is 30.6. The van der Waals surface area contributed by atoms with E-state index in [1.807, 2.05) is 20.0 Å². The van der Waals surface area contributed by atoms with E-state index in [0.29, 0.717) is 17.8 Å². The van der Waals surface area contributed by atoms with Gasteiger partial charge in [0.15, 0.2) is 0 Å². The van der Waals surface area contributed by atoms with Crippen molar-refractivity contribution in [3.8, 4) is 0 Å². The molecule has 5 nitrogen and oxygen atoms in total. The maximum Gasteiger partial charge on any atom is 0.224 e. The van der Waals surface area contributed by atoms with Crippen LogP contribution >= 0.6 is 0 Å². The van der Waals surface area contributed by atoms with Gasteiger partial charge in [0.2, 0.25) is 5.95 Å². The fourth-order valence-corrected chi connectivity index (χ4v) is 3.25. The van der Waals surface area contributed by atoms with Crippen LogP contribution in [0.1, 0.15) is 18.5 Å².